The second-order valence-corrected chi connectivity index (χ2v) is 4.38. The summed E-state index contributed by atoms with van der Waals surface area (Å²) in [4.78, 5) is 11.1. The number of aryl methyl sites for hydroxylation is 1. The molecule has 0 aliphatic heterocycles. The lowest BCUT2D eigenvalue weighted by Gasteiger charge is -2.06. The van der Waals surface area contributed by atoms with Gasteiger partial charge in [-0.25, -0.2) is 9.48 Å². The monoisotopic (exact) mass is 264 g/mol. The summed E-state index contributed by atoms with van der Waals surface area (Å²) in [6.07, 6.45) is 2.11. The molecule has 0 bridgehead atoms. The van der Waals surface area contributed by atoms with Crippen LogP contribution in [0.1, 0.15) is 28.5 Å². The average molecular weight is 265 g/mol. The molecule has 0 spiro atoms. The molecule has 0 unspecified atom stereocenters. The van der Waals surface area contributed by atoms with Crippen LogP contribution in [0.2, 0.25) is 5.02 Å². The Morgan fingerprint density at radius 1 is 1.50 bits per heavy atom. The highest BCUT2D eigenvalue weighted by Crippen LogP contribution is 2.22. The van der Waals surface area contributed by atoms with Gasteiger partial charge in [0.1, 0.15) is 5.56 Å². The minimum atomic E-state index is -0.960. The SMILES string of the molecule is CCc1nn(-c2cccc(Cl)c2C)cc1C(=O)O. The highest BCUT2D eigenvalue weighted by Gasteiger charge is 2.15. The molecule has 0 atom stereocenters. The molecule has 4 nitrogen and oxygen atoms in total. The van der Waals surface area contributed by atoms with Crippen LogP contribution in [0.4, 0.5) is 0 Å². The summed E-state index contributed by atoms with van der Waals surface area (Å²) in [6, 6.07) is 5.47. The van der Waals surface area contributed by atoms with Gasteiger partial charge in [-0.2, -0.15) is 5.10 Å². The molecular weight excluding hydrogens is 252 g/mol. The Bertz CT molecular complexity index is 605. The fourth-order valence-electron chi connectivity index (χ4n) is 1.82. The first-order valence-corrected chi connectivity index (χ1v) is 5.99. The average Bonchev–Trinajstić information content (AvgIpc) is 2.76. The van der Waals surface area contributed by atoms with E-state index in [0.29, 0.717) is 17.1 Å². The number of carboxylic acids is 1. The third-order valence-corrected chi connectivity index (χ3v) is 3.25. The van der Waals surface area contributed by atoms with E-state index >= 15 is 0 Å². The lowest BCUT2D eigenvalue weighted by Crippen LogP contribution is -1.98. The van der Waals surface area contributed by atoms with E-state index in [1.165, 1.54) is 6.20 Å². The number of carboxylic acid groups (broad SMARTS) is 1. The molecule has 1 aromatic carbocycles. The van der Waals surface area contributed by atoms with Gasteiger partial charge in [0, 0.05) is 11.2 Å². The van der Waals surface area contributed by atoms with Gasteiger partial charge in [-0.15, -0.1) is 0 Å². The summed E-state index contributed by atoms with van der Waals surface area (Å²) in [6.45, 7) is 3.76. The van der Waals surface area contributed by atoms with Gasteiger partial charge in [0.25, 0.3) is 0 Å². The van der Waals surface area contributed by atoms with Gasteiger partial charge in [0.15, 0.2) is 0 Å². The number of aromatic nitrogens is 2. The van der Waals surface area contributed by atoms with Gasteiger partial charge in [-0.1, -0.05) is 24.6 Å². The fourth-order valence-corrected chi connectivity index (χ4v) is 1.99. The smallest absolute Gasteiger partial charge is 0.339 e. The summed E-state index contributed by atoms with van der Waals surface area (Å²) in [5.41, 5.74) is 2.48. The second-order valence-electron chi connectivity index (χ2n) is 3.98. The summed E-state index contributed by atoms with van der Waals surface area (Å²) < 4.78 is 1.57. The maximum atomic E-state index is 11.1. The lowest BCUT2D eigenvalue weighted by atomic mass is 10.2. The van der Waals surface area contributed by atoms with Crippen molar-refractivity contribution in [3.05, 3.63) is 46.2 Å². The lowest BCUT2D eigenvalue weighted by molar-refractivity contribution is 0.0695. The molecule has 1 aromatic heterocycles. The zero-order valence-electron chi connectivity index (χ0n) is 10.1. The molecule has 0 fully saturated rings. The Labute approximate surface area is 110 Å². The van der Waals surface area contributed by atoms with Crippen LogP contribution in [0.15, 0.2) is 24.4 Å². The highest BCUT2D eigenvalue weighted by molar-refractivity contribution is 6.31. The van der Waals surface area contributed by atoms with Gasteiger partial charge >= 0.3 is 5.97 Å². The molecule has 0 radical (unpaired) electrons. The molecule has 0 saturated carbocycles. The van der Waals surface area contributed by atoms with Crippen LogP contribution < -0.4 is 0 Å². The van der Waals surface area contributed by atoms with Crippen LogP contribution in [-0.2, 0) is 6.42 Å². The molecule has 5 heteroatoms. The zero-order chi connectivity index (χ0) is 13.3. The topological polar surface area (TPSA) is 55.1 Å². The van der Waals surface area contributed by atoms with E-state index in [1.807, 2.05) is 26.0 Å². The van der Waals surface area contributed by atoms with Gasteiger partial charge < -0.3 is 5.11 Å². The Balaban J connectivity index is 2.58. The maximum absolute atomic E-state index is 11.1. The molecule has 1 heterocycles. The maximum Gasteiger partial charge on any atom is 0.339 e. The first kappa shape index (κ1) is 12.6. The van der Waals surface area contributed by atoms with E-state index < -0.39 is 5.97 Å². The first-order valence-electron chi connectivity index (χ1n) is 5.62. The Hall–Kier alpha value is -1.81. The van der Waals surface area contributed by atoms with E-state index in [1.54, 1.807) is 10.7 Å². The van der Waals surface area contributed by atoms with E-state index in [9.17, 15) is 4.79 Å². The molecule has 0 saturated heterocycles. The van der Waals surface area contributed by atoms with Crippen molar-refractivity contribution in [2.75, 3.05) is 0 Å². The fraction of sp³-hybridized carbons (Fsp3) is 0.231. The van der Waals surface area contributed by atoms with Crippen molar-refractivity contribution in [1.29, 1.82) is 0 Å². The van der Waals surface area contributed by atoms with E-state index in [2.05, 4.69) is 5.10 Å². The normalized spacial score (nSPS) is 10.6. The van der Waals surface area contributed by atoms with Crippen LogP contribution in [0.25, 0.3) is 5.69 Å². The quantitative estimate of drug-likeness (QED) is 0.927. The largest absolute Gasteiger partial charge is 0.478 e. The van der Waals surface area contributed by atoms with Gasteiger partial charge in [-0.05, 0) is 31.0 Å². The molecule has 18 heavy (non-hydrogen) atoms. The van der Waals surface area contributed by atoms with Gasteiger partial charge in [0.2, 0.25) is 0 Å². The Kier molecular flexibility index (Phi) is 3.39. The number of hydrogen-bond acceptors (Lipinski definition) is 2. The molecule has 2 aromatic rings. The molecule has 2 rings (SSSR count). The van der Waals surface area contributed by atoms with E-state index in [0.717, 1.165) is 11.3 Å². The minimum Gasteiger partial charge on any atom is -0.478 e. The minimum absolute atomic E-state index is 0.233. The molecule has 0 aliphatic rings. The molecular formula is C13H13ClN2O2. The van der Waals surface area contributed by atoms with Crippen LogP contribution in [0.5, 0.6) is 0 Å². The van der Waals surface area contributed by atoms with Crippen molar-refractivity contribution >= 4 is 17.6 Å². The zero-order valence-corrected chi connectivity index (χ0v) is 10.9. The molecule has 94 valence electrons. The van der Waals surface area contributed by atoms with Crippen LogP contribution in [-0.4, -0.2) is 20.9 Å². The van der Waals surface area contributed by atoms with Crippen molar-refractivity contribution < 1.29 is 9.90 Å². The number of hydrogen-bond donors (Lipinski definition) is 1. The number of rotatable bonds is 3. The number of carbonyl (C=O) groups is 1. The van der Waals surface area contributed by atoms with Crippen molar-refractivity contribution in [1.82, 2.24) is 9.78 Å². The van der Waals surface area contributed by atoms with Crippen molar-refractivity contribution in [3.8, 4) is 5.69 Å². The van der Waals surface area contributed by atoms with E-state index in [4.69, 9.17) is 16.7 Å². The van der Waals surface area contributed by atoms with Gasteiger partial charge in [-0.3, -0.25) is 0 Å². The predicted molar refractivity (Wildman–Crippen MR) is 69.6 cm³/mol. The van der Waals surface area contributed by atoms with E-state index in [-0.39, 0.29) is 5.56 Å². The summed E-state index contributed by atoms with van der Waals surface area (Å²) >= 11 is 6.05. The third-order valence-electron chi connectivity index (χ3n) is 2.84. The summed E-state index contributed by atoms with van der Waals surface area (Å²) in [5.74, 6) is -0.960. The summed E-state index contributed by atoms with van der Waals surface area (Å²) in [7, 11) is 0. The Morgan fingerprint density at radius 2 is 2.22 bits per heavy atom. The summed E-state index contributed by atoms with van der Waals surface area (Å²) in [5, 5.41) is 14.0. The molecule has 0 aliphatic carbocycles. The number of benzene rings is 1. The van der Waals surface area contributed by atoms with Crippen LogP contribution in [0.3, 0.4) is 0 Å². The van der Waals surface area contributed by atoms with Crippen molar-refractivity contribution in [2.45, 2.75) is 20.3 Å². The number of aromatic carboxylic acids is 1. The third kappa shape index (κ3) is 2.11. The number of halogens is 1. The van der Waals surface area contributed by atoms with Crippen LogP contribution >= 0.6 is 11.6 Å². The number of nitrogens with zero attached hydrogens (tertiary/aromatic N) is 2. The van der Waals surface area contributed by atoms with Crippen molar-refractivity contribution in [2.24, 2.45) is 0 Å². The predicted octanol–water partition coefficient (Wildman–Crippen LogP) is 3.09. The van der Waals surface area contributed by atoms with Gasteiger partial charge in [0.05, 0.1) is 11.4 Å². The Morgan fingerprint density at radius 3 is 2.78 bits per heavy atom. The highest BCUT2D eigenvalue weighted by atomic mass is 35.5. The first-order chi connectivity index (χ1) is 8.54. The van der Waals surface area contributed by atoms with Crippen LogP contribution in [0, 0.1) is 6.92 Å². The van der Waals surface area contributed by atoms with Crippen molar-refractivity contribution in [3.63, 3.8) is 0 Å². The standard InChI is InChI=1S/C13H13ClN2O2/c1-3-11-9(13(17)18)7-16(15-11)12-6-4-5-10(14)8(12)2/h4-7H,3H2,1-2H3,(H,17,18). The molecule has 1 N–H and O–H groups in total. The second kappa shape index (κ2) is 4.82. The molecule has 0 amide bonds.